The third kappa shape index (κ3) is 5.38. The maximum absolute atomic E-state index is 12.2. The highest BCUT2D eigenvalue weighted by atomic mass is 16.5. The van der Waals surface area contributed by atoms with Crippen LogP contribution in [0.4, 0.5) is 0 Å². The van der Waals surface area contributed by atoms with Crippen LogP contribution in [0.5, 0.6) is 17.2 Å². The molecule has 0 aliphatic carbocycles. The number of carbonyl (C=O) groups is 1. The van der Waals surface area contributed by atoms with Crippen LogP contribution in [0, 0.1) is 0 Å². The van der Waals surface area contributed by atoms with Gasteiger partial charge in [0, 0.05) is 12.6 Å². The molecule has 0 bridgehead atoms. The van der Waals surface area contributed by atoms with E-state index >= 15 is 0 Å². The van der Waals surface area contributed by atoms with Gasteiger partial charge in [0.15, 0.2) is 5.76 Å². The van der Waals surface area contributed by atoms with E-state index in [4.69, 9.17) is 18.6 Å². The molecule has 29 heavy (non-hydrogen) atoms. The summed E-state index contributed by atoms with van der Waals surface area (Å²) in [6.45, 7) is 0.464. The van der Waals surface area contributed by atoms with Crippen molar-refractivity contribution in [2.45, 2.75) is 13.2 Å². The number of ether oxygens (including phenoxy) is 3. The lowest BCUT2D eigenvalue weighted by Gasteiger charge is -2.08. The number of amides is 1. The van der Waals surface area contributed by atoms with Crippen LogP contribution in [0.2, 0.25) is 0 Å². The van der Waals surface area contributed by atoms with Crippen molar-refractivity contribution in [3.8, 4) is 17.2 Å². The minimum absolute atomic E-state index is 0.0273. The van der Waals surface area contributed by atoms with E-state index in [2.05, 4.69) is 5.32 Å². The Bertz CT molecular complexity index is 1030. The zero-order chi connectivity index (χ0) is 20.6. The van der Waals surface area contributed by atoms with Gasteiger partial charge in [0.05, 0.1) is 14.2 Å². The van der Waals surface area contributed by atoms with Gasteiger partial charge in [0.1, 0.15) is 24.4 Å². The number of hydrogen-bond donors (Lipinski definition) is 1. The van der Waals surface area contributed by atoms with Crippen molar-refractivity contribution in [2.24, 2.45) is 0 Å². The summed E-state index contributed by atoms with van der Waals surface area (Å²) in [7, 11) is 3.16. The quantitative estimate of drug-likeness (QED) is 0.630. The largest absolute Gasteiger partial charge is 0.497 e. The molecule has 3 aromatic rings. The third-order valence-corrected chi connectivity index (χ3v) is 4.16. The number of nitrogens with one attached hydrogen (secondary N) is 1. The molecule has 7 nitrogen and oxygen atoms in total. The fourth-order valence-corrected chi connectivity index (χ4v) is 2.56. The molecule has 0 unspecified atom stereocenters. The van der Waals surface area contributed by atoms with Crippen LogP contribution in [0.3, 0.4) is 0 Å². The number of rotatable bonds is 8. The van der Waals surface area contributed by atoms with E-state index < -0.39 is 11.3 Å². The van der Waals surface area contributed by atoms with Gasteiger partial charge in [-0.05, 0) is 35.4 Å². The highest BCUT2D eigenvalue weighted by molar-refractivity contribution is 5.91. The second-order valence-corrected chi connectivity index (χ2v) is 6.14. The Hall–Kier alpha value is -3.74. The first-order chi connectivity index (χ1) is 14.1. The fourth-order valence-electron chi connectivity index (χ4n) is 2.56. The minimum atomic E-state index is -0.489. The molecule has 1 heterocycles. The van der Waals surface area contributed by atoms with Crippen LogP contribution in [0.1, 0.15) is 21.7 Å². The van der Waals surface area contributed by atoms with E-state index in [1.807, 2.05) is 36.4 Å². The van der Waals surface area contributed by atoms with Gasteiger partial charge in [-0.25, -0.2) is 0 Å². The number of benzene rings is 2. The van der Waals surface area contributed by atoms with Crippen molar-refractivity contribution < 1.29 is 23.4 Å². The Kier molecular flexibility index (Phi) is 6.52. The molecule has 1 amide bonds. The molecule has 150 valence electrons. The van der Waals surface area contributed by atoms with Gasteiger partial charge < -0.3 is 23.9 Å². The molecular formula is C22H21NO6. The lowest BCUT2D eigenvalue weighted by Crippen LogP contribution is -2.24. The van der Waals surface area contributed by atoms with E-state index in [0.717, 1.165) is 29.2 Å². The molecule has 0 saturated heterocycles. The van der Waals surface area contributed by atoms with Crippen molar-refractivity contribution in [3.05, 3.63) is 88.0 Å². The van der Waals surface area contributed by atoms with E-state index in [1.54, 1.807) is 26.4 Å². The molecular weight excluding hydrogens is 374 g/mol. The molecule has 0 spiro atoms. The normalized spacial score (nSPS) is 10.3. The van der Waals surface area contributed by atoms with Gasteiger partial charge in [-0.3, -0.25) is 9.59 Å². The highest BCUT2D eigenvalue weighted by Gasteiger charge is 2.12. The van der Waals surface area contributed by atoms with Gasteiger partial charge in [-0.1, -0.05) is 24.3 Å². The summed E-state index contributed by atoms with van der Waals surface area (Å²) in [6, 6.07) is 15.7. The SMILES string of the molecule is COc1ccc(CNC(=O)c2cc(=O)c(OCc3cccc(OC)c3)co2)cc1. The van der Waals surface area contributed by atoms with E-state index in [1.165, 1.54) is 0 Å². The number of hydrogen-bond acceptors (Lipinski definition) is 6. The van der Waals surface area contributed by atoms with Crippen LogP contribution in [-0.4, -0.2) is 20.1 Å². The van der Waals surface area contributed by atoms with E-state index in [0.29, 0.717) is 12.3 Å². The molecule has 0 atom stereocenters. The highest BCUT2D eigenvalue weighted by Crippen LogP contribution is 2.15. The van der Waals surface area contributed by atoms with E-state index in [-0.39, 0.29) is 18.1 Å². The fraction of sp³-hybridized carbons (Fsp3) is 0.182. The molecule has 0 aliphatic heterocycles. The molecule has 7 heteroatoms. The lowest BCUT2D eigenvalue weighted by atomic mass is 10.2. The summed E-state index contributed by atoms with van der Waals surface area (Å²) in [6.07, 6.45) is 1.14. The van der Waals surface area contributed by atoms with Crippen LogP contribution >= 0.6 is 0 Å². The van der Waals surface area contributed by atoms with Crippen molar-refractivity contribution >= 4 is 5.91 Å². The van der Waals surface area contributed by atoms with Crippen LogP contribution in [0.15, 0.2) is 70.1 Å². The average Bonchev–Trinajstić information content (AvgIpc) is 2.77. The molecule has 0 saturated carbocycles. The standard InChI is InChI=1S/C22H21NO6/c1-26-17-8-6-15(7-9-17)12-23-22(25)20-11-19(24)21(14-29-20)28-13-16-4-3-5-18(10-16)27-2/h3-11,14H,12-13H2,1-2H3,(H,23,25). The Morgan fingerprint density at radius 3 is 2.41 bits per heavy atom. The van der Waals surface area contributed by atoms with Crippen LogP contribution in [-0.2, 0) is 13.2 Å². The summed E-state index contributed by atoms with van der Waals surface area (Å²) in [5.41, 5.74) is 1.29. The Morgan fingerprint density at radius 1 is 0.966 bits per heavy atom. The van der Waals surface area contributed by atoms with Gasteiger partial charge in [0.25, 0.3) is 5.91 Å². The summed E-state index contributed by atoms with van der Waals surface area (Å²) in [5, 5.41) is 2.70. The van der Waals surface area contributed by atoms with Crippen molar-refractivity contribution in [1.82, 2.24) is 5.32 Å². The minimum Gasteiger partial charge on any atom is -0.497 e. The summed E-state index contributed by atoms with van der Waals surface area (Å²) in [4.78, 5) is 24.5. The van der Waals surface area contributed by atoms with Gasteiger partial charge in [-0.15, -0.1) is 0 Å². The molecule has 0 fully saturated rings. The molecule has 0 radical (unpaired) electrons. The maximum Gasteiger partial charge on any atom is 0.287 e. The molecule has 1 N–H and O–H groups in total. The average molecular weight is 395 g/mol. The van der Waals surface area contributed by atoms with E-state index in [9.17, 15) is 9.59 Å². The zero-order valence-corrected chi connectivity index (χ0v) is 16.1. The smallest absolute Gasteiger partial charge is 0.287 e. The molecule has 3 rings (SSSR count). The first kappa shape index (κ1) is 20.0. The Balaban J connectivity index is 1.58. The van der Waals surface area contributed by atoms with Gasteiger partial charge >= 0.3 is 0 Å². The lowest BCUT2D eigenvalue weighted by molar-refractivity contribution is 0.0919. The van der Waals surface area contributed by atoms with Crippen LogP contribution < -0.4 is 25.0 Å². The molecule has 2 aromatic carbocycles. The Morgan fingerprint density at radius 2 is 1.72 bits per heavy atom. The van der Waals surface area contributed by atoms with Crippen molar-refractivity contribution in [3.63, 3.8) is 0 Å². The third-order valence-electron chi connectivity index (χ3n) is 4.16. The van der Waals surface area contributed by atoms with Crippen molar-refractivity contribution in [2.75, 3.05) is 14.2 Å². The summed E-state index contributed by atoms with van der Waals surface area (Å²) in [5.74, 6) is 0.881. The predicted octanol–water partition coefficient (Wildman–Crippen LogP) is 3.17. The van der Waals surface area contributed by atoms with Crippen LogP contribution in [0.25, 0.3) is 0 Å². The van der Waals surface area contributed by atoms with Gasteiger partial charge in [-0.2, -0.15) is 0 Å². The summed E-state index contributed by atoms with van der Waals surface area (Å²) >= 11 is 0. The second kappa shape index (κ2) is 9.45. The van der Waals surface area contributed by atoms with Gasteiger partial charge in [0.2, 0.25) is 11.2 Å². The maximum atomic E-state index is 12.2. The molecule has 0 aliphatic rings. The predicted molar refractivity (Wildman–Crippen MR) is 106 cm³/mol. The number of methoxy groups -OCH3 is 2. The first-order valence-electron chi connectivity index (χ1n) is 8.89. The Labute approximate surface area is 167 Å². The van der Waals surface area contributed by atoms with Crippen molar-refractivity contribution in [1.29, 1.82) is 0 Å². The topological polar surface area (TPSA) is 87.0 Å². The monoisotopic (exact) mass is 395 g/mol. The number of carbonyl (C=O) groups excluding carboxylic acids is 1. The zero-order valence-electron chi connectivity index (χ0n) is 16.1. The first-order valence-corrected chi connectivity index (χ1v) is 8.89. The molecule has 1 aromatic heterocycles. The second-order valence-electron chi connectivity index (χ2n) is 6.14. The summed E-state index contributed by atoms with van der Waals surface area (Å²) < 4.78 is 21.0.